The highest BCUT2D eigenvalue weighted by atomic mass is 19.1. The highest BCUT2D eigenvalue weighted by Crippen LogP contribution is 2.36. The summed E-state index contributed by atoms with van der Waals surface area (Å²) in [7, 11) is 0. The molecule has 0 atom stereocenters. The zero-order chi connectivity index (χ0) is 14.8. The quantitative estimate of drug-likeness (QED) is 0.642. The Bertz CT molecular complexity index is 608. The first kappa shape index (κ1) is 14.2. The molecule has 0 saturated heterocycles. The summed E-state index contributed by atoms with van der Waals surface area (Å²) in [4.78, 5) is 0. The van der Waals surface area contributed by atoms with Gasteiger partial charge in [0.05, 0.1) is 0 Å². The molecule has 0 aromatic heterocycles. The van der Waals surface area contributed by atoms with E-state index in [9.17, 15) is 8.78 Å². The van der Waals surface area contributed by atoms with Gasteiger partial charge in [0.2, 0.25) is 0 Å². The van der Waals surface area contributed by atoms with E-state index in [2.05, 4.69) is 6.92 Å². The third-order valence-electron chi connectivity index (χ3n) is 4.64. The average molecular weight is 286 g/mol. The molecule has 0 nitrogen and oxygen atoms in total. The third-order valence-corrected chi connectivity index (χ3v) is 4.64. The average Bonchev–Trinajstić information content (AvgIpc) is 2.49. The molecule has 0 spiro atoms. The molecule has 0 amide bonds. The Labute approximate surface area is 124 Å². The minimum atomic E-state index is -0.299. The second kappa shape index (κ2) is 5.97. The lowest BCUT2D eigenvalue weighted by atomic mass is 9.79. The van der Waals surface area contributed by atoms with Gasteiger partial charge in [0.15, 0.2) is 0 Å². The topological polar surface area (TPSA) is 0 Å². The van der Waals surface area contributed by atoms with Gasteiger partial charge in [-0.1, -0.05) is 44.0 Å². The maximum Gasteiger partial charge on any atom is 0.131 e. The van der Waals surface area contributed by atoms with Gasteiger partial charge in [0, 0.05) is 5.56 Å². The van der Waals surface area contributed by atoms with E-state index in [0.717, 1.165) is 29.9 Å². The SMILES string of the molecule is CC1CCC(c2ccc(-c3ccc(F)cc3)c(F)c2)CC1. The fourth-order valence-corrected chi connectivity index (χ4v) is 3.24. The Morgan fingerprint density at radius 3 is 2.14 bits per heavy atom. The molecule has 0 aliphatic heterocycles. The Morgan fingerprint density at radius 2 is 1.52 bits per heavy atom. The van der Waals surface area contributed by atoms with E-state index in [1.807, 2.05) is 12.1 Å². The highest BCUT2D eigenvalue weighted by Gasteiger charge is 2.20. The summed E-state index contributed by atoms with van der Waals surface area (Å²) < 4.78 is 27.3. The van der Waals surface area contributed by atoms with Crippen LogP contribution in [0.25, 0.3) is 11.1 Å². The summed E-state index contributed by atoms with van der Waals surface area (Å²) in [5.41, 5.74) is 2.37. The molecule has 2 aromatic rings. The second-order valence-corrected chi connectivity index (χ2v) is 6.20. The van der Waals surface area contributed by atoms with Gasteiger partial charge >= 0.3 is 0 Å². The largest absolute Gasteiger partial charge is 0.207 e. The van der Waals surface area contributed by atoms with Crippen molar-refractivity contribution in [2.45, 2.75) is 38.5 Å². The summed E-state index contributed by atoms with van der Waals surface area (Å²) in [6, 6.07) is 11.5. The summed E-state index contributed by atoms with van der Waals surface area (Å²) in [5.74, 6) is 0.771. The molecule has 1 saturated carbocycles. The van der Waals surface area contributed by atoms with Crippen LogP contribution in [-0.4, -0.2) is 0 Å². The van der Waals surface area contributed by atoms with Gasteiger partial charge in [-0.05, 0) is 54.0 Å². The maximum atomic E-state index is 14.4. The molecule has 0 bridgehead atoms. The summed E-state index contributed by atoms with van der Waals surface area (Å²) >= 11 is 0. The summed E-state index contributed by atoms with van der Waals surface area (Å²) in [5, 5.41) is 0. The van der Waals surface area contributed by atoms with Gasteiger partial charge < -0.3 is 0 Å². The molecule has 1 aliphatic rings. The van der Waals surface area contributed by atoms with E-state index < -0.39 is 0 Å². The summed E-state index contributed by atoms with van der Waals surface area (Å²) in [6.45, 7) is 2.29. The molecule has 2 heteroatoms. The Hall–Kier alpha value is -1.70. The van der Waals surface area contributed by atoms with E-state index in [1.165, 1.54) is 25.0 Å². The van der Waals surface area contributed by atoms with Crippen LogP contribution in [0.4, 0.5) is 8.78 Å². The van der Waals surface area contributed by atoms with Crippen molar-refractivity contribution in [3.8, 4) is 11.1 Å². The van der Waals surface area contributed by atoms with Crippen LogP contribution in [0, 0.1) is 17.6 Å². The molecule has 0 radical (unpaired) electrons. The normalized spacial score (nSPS) is 22.2. The van der Waals surface area contributed by atoms with E-state index in [1.54, 1.807) is 18.2 Å². The molecule has 0 heterocycles. The van der Waals surface area contributed by atoms with Crippen LogP contribution in [0.3, 0.4) is 0 Å². The lowest BCUT2D eigenvalue weighted by molar-refractivity contribution is 0.347. The molecular formula is C19H20F2. The van der Waals surface area contributed by atoms with Crippen LogP contribution in [-0.2, 0) is 0 Å². The first-order valence-corrected chi connectivity index (χ1v) is 7.69. The van der Waals surface area contributed by atoms with Crippen molar-refractivity contribution < 1.29 is 8.78 Å². The van der Waals surface area contributed by atoms with Crippen molar-refractivity contribution in [1.29, 1.82) is 0 Å². The van der Waals surface area contributed by atoms with Gasteiger partial charge in [0.1, 0.15) is 11.6 Å². The maximum absolute atomic E-state index is 14.4. The molecule has 1 fully saturated rings. The predicted octanol–water partition coefficient (Wildman–Crippen LogP) is 5.93. The molecule has 110 valence electrons. The van der Waals surface area contributed by atoms with Crippen molar-refractivity contribution >= 4 is 0 Å². The number of halogens is 2. The van der Waals surface area contributed by atoms with E-state index in [4.69, 9.17) is 0 Å². The van der Waals surface area contributed by atoms with Crippen LogP contribution in [0.1, 0.15) is 44.1 Å². The van der Waals surface area contributed by atoms with Crippen molar-refractivity contribution in [2.75, 3.05) is 0 Å². The van der Waals surface area contributed by atoms with Gasteiger partial charge in [-0.3, -0.25) is 0 Å². The van der Waals surface area contributed by atoms with Crippen molar-refractivity contribution in [3.05, 3.63) is 59.7 Å². The van der Waals surface area contributed by atoms with Crippen LogP contribution in [0.2, 0.25) is 0 Å². The lowest BCUT2D eigenvalue weighted by Crippen LogP contribution is -2.11. The minimum Gasteiger partial charge on any atom is -0.207 e. The molecule has 21 heavy (non-hydrogen) atoms. The highest BCUT2D eigenvalue weighted by molar-refractivity contribution is 5.64. The molecule has 0 N–H and O–H groups in total. The Kier molecular flexibility index (Phi) is 4.05. The van der Waals surface area contributed by atoms with Gasteiger partial charge in [-0.25, -0.2) is 8.78 Å². The second-order valence-electron chi connectivity index (χ2n) is 6.20. The zero-order valence-corrected chi connectivity index (χ0v) is 12.3. The van der Waals surface area contributed by atoms with Gasteiger partial charge in [-0.2, -0.15) is 0 Å². The van der Waals surface area contributed by atoms with E-state index in [0.29, 0.717) is 11.5 Å². The standard InChI is InChI=1S/C19H20F2/c1-13-2-4-14(5-3-13)16-8-11-18(19(21)12-16)15-6-9-17(20)10-7-15/h6-14H,2-5H2,1H3. The van der Waals surface area contributed by atoms with Crippen molar-refractivity contribution in [2.24, 2.45) is 5.92 Å². The van der Waals surface area contributed by atoms with E-state index in [-0.39, 0.29) is 11.6 Å². The Balaban J connectivity index is 1.84. The van der Waals surface area contributed by atoms with Crippen LogP contribution >= 0.6 is 0 Å². The molecule has 0 unspecified atom stereocenters. The zero-order valence-electron chi connectivity index (χ0n) is 12.3. The Morgan fingerprint density at radius 1 is 0.857 bits per heavy atom. The number of hydrogen-bond donors (Lipinski definition) is 0. The number of hydrogen-bond acceptors (Lipinski definition) is 0. The monoisotopic (exact) mass is 286 g/mol. The molecular weight excluding hydrogens is 266 g/mol. The predicted molar refractivity (Wildman–Crippen MR) is 82.2 cm³/mol. The van der Waals surface area contributed by atoms with Crippen LogP contribution < -0.4 is 0 Å². The van der Waals surface area contributed by atoms with Gasteiger partial charge in [0.25, 0.3) is 0 Å². The van der Waals surface area contributed by atoms with Crippen LogP contribution in [0.15, 0.2) is 42.5 Å². The lowest BCUT2D eigenvalue weighted by Gasteiger charge is -2.26. The summed E-state index contributed by atoms with van der Waals surface area (Å²) in [6.07, 6.45) is 4.75. The first-order chi connectivity index (χ1) is 10.1. The number of rotatable bonds is 2. The molecule has 1 aliphatic carbocycles. The van der Waals surface area contributed by atoms with Gasteiger partial charge in [-0.15, -0.1) is 0 Å². The number of benzene rings is 2. The third kappa shape index (κ3) is 3.15. The minimum absolute atomic E-state index is 0.210. The van der Waals surface area contributed by atoms with E-state index >= 15 is 0 Å². The smallest absolute Gasteiger partial charge is 0.131 e. The van der Waals surface area contributed by atoms with Crippen LogP contribution in [0.5, 0.6) is 0 Å². The molecule has 3 rings (SSSR count). The van der Waals surface area contributed by atoms with Crippen molar-refractivity contribution in [3.63, 3.8) is 0 Å². The fourth-order valence-electron chi connectivity index (χ4n) is 3.24. The molecule has 2 aromatic carbocycles. The first-order valence-electron chi connectivity index (χ1n) is 7.69. The van der Waals surface area contributed by atoms with Crippen molar-refractivity contribution in [1.82, 2.24) is 0 Å². The fraction of sp³-hybridized carbons (Fsp3) is 0.368.